The first-order valence-corrected chi connectivity index (χ1v) is 6.16. The Morgan fingerprint density at radius 2 is 1.87 bits per heavy atom. The third-order valence-electron chi connectivity index (χ3n) is 4.24. The van der Waals surface area contributed by atoms with E-state index in [1.54, 1.807) is 0 Å². The van der Waals surface area contributed by atoms with Crippen molar-refractivity contribution in [3.8, 4) is 0 Å². The fourth-order valence-electron chi connectivity index (χ4n) is 3.03. The smallest absolute Gasteiger partial charge is 0.136 e. The molecule has 0 spiro atoms. The second-order valence-corrected chi connectivity index (χ2v) is 6.28. The largest absolute Gasteiger partial charge is 0.299 e. The van der Waals surface area contributed by atoms with Gasteiger partial charge in [0.2, 0.25) is 0 Å². The highest BCUT2D eigenvalue weighted by Crippen LogP contribution is 2.44. The van der Waals surface area contributed by atoms with Crippen molar-refractivity contribution in [1.82, 2.24) is 0 Å². The molecular weight excluding hydrogens is 184 g/mol. The Bertz CT molecular complexity index is 282. The molecule has 1 fully saturated rings. The van der Waals surface area contributed by atoms with Crippen molar-refractivity contribution in [3.05, 3.63) is 12.2 Å². The highest BCUT2D eigenvalue weighted by molar-refractivity contribution is 5.82. The van der Waals surface area contributed by atoms with Crippen LogP contribution in [0.1, 0.15) is 46.5 Å². The summed E-state index contributed by atoms with van der Waals surface area (Å²) in [6.45, 7) is 6.80. The van der Waals surface area contributed by atoms with E-state index in [9.17, 15) is 4.79 Å². The summed E-state index contributed by atoms with van der Waals surface area (Å²) < 4.78 is 0. The predicted octanol–water partition coefficient (Wildman–Crippen LogP) is 3.59. The SMILES string of the molecule is CC(C)(C)[C@H]1CC(=O)[C@@H]2CC=CC[C@H]2C1. The number of rotatable bonds is 0. The lowest BCUT2D eigenvalue weighted by Gasteiger charge is -2.41. The van der Waals surface area contributed by atoms with Crippen molar-refractivity contribution in [2.75, 3.05) is 0 Å². The van der Waals surface area contributed by atoms with Gasteiger partial charge >= 0.3 is 0 Å². The fraction of sp³-hybridized carbons (Fsp3) is 0.786. The van der Waals surface area contributed by atoms with Crippen molar-refractivity contribution in [2.24, 2.45) is 23.2 Å². The van der Waals surface area contributed by atoms with Crippen LogP contribution in [0.2, 0.25) is 0 Å². The zero-order valence-corrected chi connectivity index (χ0v) is 10.1. The molecule has 1 saturated carbocycles. The van der Waals surface area contributed by atoms with Crippen LogP contribution in [0.25, 0.3) is 0 Å². The molecule has 2 aliphatic carbocycles. The summed E-state index contributed by atoms with van der Waals surface area (Å²) in [6.07, 6.45) is 8.65. The first-order valence-electron chi connectivity index (χ1n) is 6.16. The molecule has 0 amide bonds. The maximum Gasteiger partial charge on any atom is 0.136 e. The van der Waals surface area contributed by atoms with Gasteiger partial charge in [0.1, 0.15) is 5.78 Å². The lowest BCUT2D eigenvalue weighted by atomic mass is 9.62. The van der Waals surface area contributed by atoms with Crippen LogP contribution >= 0.6 is 0 Å². The Labute approximate surface area is 92.9 Å². The van der Waals surface area contributed by atoms with E-state index in [-0.39, 0.29) is 0 Å². The fourth-order valence-corrected chi connectivity index (χ4v) is 3.03. The minimum absolute atomic E-state index is 0.293. The molecule has 15 heavy (non-hydrogen) atoms. The topological polar surface area (TPSA) is 17.1 Å². The Kier molecular flexibility index (Phi) is 2.74. The van der Waals surface area contributed by atoms with Crippen LogP contribution in [0.3, 0.4) is 0 Å². The van der Waals surface area contributed by atoms with E-state index in [1.807, 2.05) is 0 Å². The van der Waals surface area contributed by atoms with E-state index >= 15 is 0 Å². The zero-order valence-electron chi connectivity index (χ0n) is 10.1. The molecule has 0 aromatic heterocycles. The second-order valence-electron chi connectivity index (χ2n) is 6.28. The Hall–Kier alpha value is -0.590. The van der Waals surface area contributed by atoms with Gasteiger partial charge in [0, 0.05) is 12.3 Å². The van der Waals surface area contributed by atoms with E-state index in [4.69, 9.17) is 0 Å². The molecule has 0 bridgehead atoms. The second kappa shape index (κ2) is 3.77. The molecule has 2 aliphatic rings. The molecular formula is C14H22O. The molecule has 1 heteroatoms. The van der Waals surface area contributed by atoms with Crippen molar-refractivity contribution >= 4 is 5.78 Å². The quantitative estimate of drug-likeness (QED) is 0.553. The molecule has 0 N–H and O–H groups in total. The molecule has 0 radical (unpaired) electrons. The molecule has 0 aromatic rings. The van der Waals surface area contributed by atoms with E-state index in [0.717, 1.165) is 19.3 Å². The lowest BCUT2D eigenvalue weighted by Crippen LogP contribution is -2.38. The third kappa shape index (κ3) is 2.16. The van der Waals surface area contributed by atoms with E-state index in [1.165, 1.54) is 6.42 Å². The van der Waals surface area contributed by atoms with Gasteiger partial charge in [-0.3, -0.25) is 4.79 Å². The summed E-state index contributed by atoms with van der Waals surface area (Å²) in [5.41, 5.74) is 0.293. The number of fused-ring (bicyclic) bond motifs is 1. The van der Waals surface area contributed by atoms with E-state index in [2.05, 4.69) is 32.9 Å². The van der Waals surface area contributed by atoms with Gasteiger partial charge in [0.25, 0.3) is 0 Å². The van der Waals surface area contributed by atoms with Gasteiger partial charge in [0.15, 0.2) is 0 Å². The zero-order chi connectivity index (χ0) is 11.1. The summed E-state index contributed by atoms with van der Waals surface area (Å²) in [5, 5.41) is 0. The summed E-state index contributed by atoms with van der Waals surface area (Å²) in [7, 11) is 0. The average Bonchev–Trinajstić information content (AvgIpc) is 2.16. The number of allylic oxidation sites excluding steroid dienone is 2. The average molecular weight is 206 g/mol. The highest BCUT2D eigenvalue weighted by atomic mass is 16.1. The molecule has 2 rings (SSSR count). The van der Waals surface area contributed by atoms with Crippen molar-refractivity contribution in [3.63, 3.8) is 0 Å². The van der Waals surface area contributed by atoms with Crippen LogP contribution in [0, 0.1) is 23.2 Å². The minimum atomic E-state index is 0.293. The predicted molar refractivity (Wildman–Crippen MR) is 62.5 cm³/mol. The molecule has 84 valence electrons. The van der Waals surface area contributed by atoms with Crippen LogP contribution < -0.4 is 0 Å². The molecule has 1 nitrogen and oxygen atoms in total. The molecule has 0 heterocycles. The molecule has 0 aliphatic heterocycles. The molecule has 3 atom stereocenters. The summed E-state index contributed by atoms with van der Waals surface area (Å²) in [6, 6.07) is 0. The van der Waals surface area contributed by atoms with Crippen LogP contribution in [0.4, 0.5) is 0 Å². The van der Waals surface area contributed by atoms with Gasteiger partial charge < -0.3 is 0 Å². The van der Waals surface area contributed by atoms with Crippen LogP contribution in [-0.4, -0.2) is 5.78 Å². The number of hydrogen-bond acceptors (Lipinski definition) is 1. The van der Waals surface area contributed by atoms with Gasteiger partial charge in [-0.05, 0) is 36.5 Å². The number of carbonyl (C=O) groups is 1. The highest BCUT2D eigenvalue weighted by Gasteiger charge is 2.40. The summed E-state index contributed by atoms with van der Waals surface area (Å²) in [4.78, 5) is 12.1. The van der Waals surface area contributed by atoms with Crippen molar-refractivity contribution < 1.29 is 4.79 Å². The standard InChI is InChI=1S/C14H22O/c1-14(2,3)11-8-10-6-4-5-7-12(10)13(15)9-11/h4-5,10-12H,6-9H2,1-3H3/t10-,11+,12+/m0/s1. The van der Waals surface area contributed by atoms with Gasteiger partial charge in [-0.1, -0.05) is 32.9 Å². The first kappa shape index (κ1) is 10.9. The summed E-state index contributed by atoms with van der Waals surface area (Å²) in [5.74, 6) is 2.11. The monoisotopic (exact) mass is 206 g/mol. The normalized spacial score (nSPS) is 36.5. The molecule has 0 unspecified atom stereocenters. The van der Waals surface area contributed by atoms with Crippen LogP contribution in [-0.2, 0) is 4.79 Å². The Morgan fingerprint density at radius 3 is 2.53 bits per heavy atom. The third-order valence-corrected chi connectivity index (χ3v) is 4.24. The summed E-state index contributed by atoms with van der Waals surface area (Å²) >= 11 is 0. The number of ketones is 1. The van der Waals surface area contributed by atoms with E-state index < -0.39 is 0 Å². The number of Topliss-reactive ketones (excluding diaryl/α,β-unsaturated/α-hetero) is 1. The van der Waals surface area contributed by atoms with Crippen LogP contribution in [0.5, 0.6) is 0 Å². The Morgan fingerprint density at radius 1 is 1.20 bits per heavy atom. The minimum Gasteiger partial charge on any atom is -0.299 e. The van der Waals surface area contributed by atoms with Gasteiger partial charge in [-0.15, -0.1) is 0 Å². The first-order chi connectivity index (χ1) is 6.98. The Balaban J connectivity index is 2.12. The van der Waals surface area contributed by atoms with Crippen molar-refractivity contribution in [1.29, 1.82) is 0 Å². The van der Waals surface area contributed by atoms with Crippen molar-refractivity contribution in [2.45, 2.75) is 46.5 Å². The number of hydrogen-bond donors (Lipinski definition) is 0. The maximum absolute atomic E-state index is 12.1. The number of carbonyl (C=O) groups excluding carboxylic acids is 1. The van der Waals surface area contributed by atoms with Gasteiger partial charge in [-0.2, -0.15) is 0 Å². The van der Waals surface area contributed by atoms with Gasteiger partial charge in [0.05, 0.1) is 0 Å². The molecule has 0 saturated heterocycles. The maximum atomic E-state index is 12.1. The lowest BCUT2D eigenvalue weighted by molar-refractivity contribution is -0.130. The molecule has 0 aromatic carbocycles. The van der Waals surface area contributed by atoms with Gasteiger partial charge in [-0.25, -0.2) is 0 Å². The van der Waals surface area contributed by atoms with Crippen LogP contribution in [0.15, 0.2) is 12.2 Å². The van der Waals surface area contributed by atoms with E-state index in [0.29, 0.717) is 29.0 Å².